The summed E-state index contributed by atoms with van der Waals surface area (Å²) < 4.78 is 5.12. The van der Waals surface area contributed by atoms with E-state index < -0.39 is 0 Å². The average Bonchev–Trinajstić information content (AvgIpc) is 2.27. The van der Waals surface area contributed by atoms with Crippen molar-refractivity contribution in [2.45, 2.75) is 26.8 Å². The van der Waals surface area contributed by atoms with Crippen LogP contribution >= 0.6 is 0 Å². The van der Waals surface area contributed by atoms with Gasteiger partial charge >= 0.3 is 0 Å². The summed E-state index contributed by atoms with van der Waals surface area (Å²) in [7, 11) is 1.67. The minimum absolute atomic E-state index is 0.107. The van der Waals surface area contributed by atoms with Crippen molar-refractivity contribution in [3.63, 3.8) is 0 Å². The van der Waals surface area contributed by atoms with Crippen molar-refractivity contribution in [1.82, 2.24) is 0 Å². The van der Waals surface area contributed by atoms with Crippen LogP contribution in [0.25, 0.3) is 0 Å². The normalized spacial score (nSPS) is 15.1. The van der Waals surface area contributed by atoms with Crippen molar-refractivity contribution in [2.75, 3.05) is 7.11 Å². The summed E-state index contributed by atoms with van der Waals surface area (Å²) in [4.78, 5) is 0. The van der Waals surface area contributed by atoms with E-state index in [2.05, 4.69) is 20.8 Å². The molecule has 0 heterocycles. The Kier molecular flexibility index (Phi) is 4.15. The lowest BCUT2D eigenvalue weighted by Crippen LogP contribution is -2.22. The van der Waals surface area contributed by atoms with Crippen LogP contribution in [-0.4, -0.2) is 7.11 Å². The van der Waals surface area contributed by atoms with Crippen LogP contribution in [0.3, 0.4) is 0 Å². The van der Waals surface area contributed by atoms with E-state index in [1.807, 2.05) is 24.3 Å². The number of benzene rings is 1. The summed E-state index contributed by atoms with van der Waals surface area (Å²) in [5, 5.41) is 0. The van der Waals surface area contributed by atoms with E-state index in [-0.39, 0.29) is 6.04 Å². The number of methoxy groups -OCH3 is 1. The van der Waals surface area contributed by atoms with Crippen molar-refractivity contribution in [3.05, 3.63) is 29.8 Å². The van der Waals surface area contributed by atoms with Gasteiger partial charge < -0.3 is 10.5 Å². The van der Waals surface area contributed by atoms with E-state index in [9.17, 15) is 0 Å². The molecule has 1 aromatic rings. The minimum Gasteiger partial charge on any atom is -0.497 e. The second-order valence-corrected chi connectivity index (χ2v) is 4.40. The van der Waals surface area contributed by atoms with Crippen molar-refractivity contribution in [1.29, 1.82) is 0 Å². The highest BCUT2D eigenvalue weighted by Crippen LogP contribution is 2.26. The molecule has 1 aromatic carbocycles. The summed E-state index contributed by atoms with van der Waals surface area (Å²) in [5.74, 6) is 1.96. The summed E-state index contributed by atoms with van der Waals surface area (Å²) in [6.07, 6.45) is 0. The van der Waals surface area contributed by atoms with Crippen LogP contribution in [0.1, 0.15) is 32.4 Å². The summed E-state index contributed by atoms with van der Waals surface area (Å²) >= 11 is 0. The van der Waals surface area contributed by atoms with Crippen molar-refractivity contribution < 1.29 is 4.74 Å². The van der Waals surface area contributed by atoms with Crippen LogP contribution in [0.4, 0.5) is 0 Å². The van der Waals surface area contributed by atoms with Gasteiger partial charge in [0.25, 0.3) is 0 Å². The molecular weight excluding hydrogens is 186 g/mol. The highest BCUT2D eigenvalue weighted by atomic mass is 16.5. The topological polar surface area (TPSA) is 35.2 Å². The smallest absolute Gasteiger partial charge is 0.118 e. The predicted octanol–water partition coefficient (Wildman–Crippen LogP) is 2.99. The molecule has 0 radical (unpaired) electrons. The third-order valence-corrected chi connectivity index (χ3v) is 3.12. The maximum Gasteiger partial charge on any atom is 0.118 e. The van der Waals surface area contributed by atoms with E-state index in [0.29, 0.717) is 11.8 Å². The highest BCUT2D eigenvalue weighted by Gasteiger charge is 2.17. The quantitative estimate of drug-likeness (QED) is 0.823. The predicted molar refractivity (Wildman–Crippen MR) is 63.9 cm³/mol. The second-order valence-electron chi connectivity index (χ2n) is 4.40. The van der Waals surface area contributed by atoms with Crippen LogP contribution in [-0.2, 0) is 0 Å². The zero-order valence-electron chi connectivity index (χ0n) is 10.0. The number of hydrogen-bond donors (Lipinski definition) is 1. The molecule has 1 rings (SSSR count). The Morgan fingerprint density at radius 3 is 2.00 bits per heavy atom. The lowest BCUT2D eigenvalue weighted by atomic mass is 9.87. The third-order valence-electron chi connectivity index (χ3n) is 3.12. The number of nitrogens with two attached hydrogens (primary N) is 1. The Hall–Kier alpha value is -1.02. The lowest BCUT2D eigenvalue weighted by molar-refractivity contribution is 0.352. The Bertz CT molecular complexity index is 292. The second kappa shape index (κ2) is 5.17. The fourth-order valence-corrected chi connectivity index (χ4v) is 1.54. The monoisotopic (exact) mass is 207 g/mol. The molecule has 0 aliphatic rings. The molecule has 0 bridgehead atoms. The zero-order valence-corrected chi connectivity index (χ0v) is 10.0. The molecule has 2 nitrogen and oxygen atoms in total. The first-order chi connectivity index (χ1) is 7.06. The van der Waals surface area contributed by atoms with Crippen LogP contribution < -0.4 is 10.5 Å². The first-order valence-corrected chi connectivity index (χ1v) is 5.45. The molecule has 0 aliphatic carbocycles. The van der Waals surface area contributed by atoms with Crippen LogP contribution in [0.2, 0.25) is 0 Å². The number of rotatable bonds is 4. The van der Waals surface area contributed by atoms with E-state index in [1.165, 1.54) is 5.56 Å². The van der Waals surface area contributed by atoms with Gasteiger partial charge in [0.15, 0.2) is 0 Å². The summed E-state index contributed by atoms with van der Waals surface area (Å²) in [6, 6.07) is 8.12. The largest absolute Gasteiger partial charge is 0.497 e. The molecule has 2 atom stereocenters. The molecule has 0 aromatic heterocycles. The molecule has 84 valence electrons. The molecule has 0 spiro atoms. The van der Waals surface area contributed by atoms with Gasteiger partial charge in [-0.3, -0.25) is 0 Å². The van der Waals surface area contributed by atoms with Crippen LogP contribution in [0, 0.1) is 11.8 Å². The highest BCUT2D eigenvalue weighted by molar-refractivity contribution is 5.29. The fourth-order valence-electron chi connectivity index (χ4n) is 1.54. The van der Waals surface area contributed by atoms with E-state index in [1.54, 1.807) is 7.11 Å². The molecule has 0 saturated carbocycles. The van der Waals surface area contributed by atoms with Gasteiger partial charge in [-0.25, -0.2) is 0 Å². The number of hydrogen-bond acceptors (Lipinski definition) is 2. The molecule has 0 fully saturated rings. The van der Waals surface area contributed by atoms with Gasteiger partial charge in [-0.2, -0.15) is 0 Å². The van der Waals surface area contributed by atoms with Crippen molar-refractivity contribution in [3.8, 4) is 5.75 Å². The summed E-state index contributed by atoms with van der Waals surface area (Å²) in [6.45, 7) is 6.60. The fraction of sp³-hybridized carbons (Fsp3) is 0.538. The Balaban J connectivity index is 2.78. The van der Waals surface area contributed by atoms with Gasteiger partial charge in [0.2, 0.25) is 0 Å². The molecule has 0 amide bonds. The molecular formula is C13H21NO. The molecule has 2 heteroatoms. The molecule has 2 unspecified atom stereocenters. The van der Waals surface area contributed by atoms with Gasteiger partial charge in [-0.1, -0.05) is 32.9 Å². The standard InChI is InChI=1S/C13H21NO/c1-9(2)10(3)13(14)11-5-7-12(15-4)8-6-11/h5-10,13H,14H2,1-4H3. The lowest BCUT2D eigenvalue weighted by Gasteiger charge is -2.23. The van der Waals surface area contributed by atoms with Gasteiger partial charge in [0.05, 0.1) is 7.11 Å². The summed E-state index contributed by atoms with van der Waals surface area (Å²) in [5.41, 5.74) is 7.37. The van der Waals surface area contributed by atoms with E-state index in [0.717, 1.165) is 5.75 Å². The SMILES string of the molecule is COc1ccc(C(N)C(C)C(C)C)cc1. The van der Waals surface area contributed by atoms with Crippen molar-refractivity contribution >= 4 is 0 Å². The van der Waals surface area contributed by atoms with Gasteiger partial charge in [0, 0.05) is 6.04 Å². The molecule has 0 saturated heterocycles. The maximum absolute atomic E-state index is 6.19. The molecule has 2 N–H and O–H groups in total. The van der Waals surface area contributed by atoms with Crippen LogP contribution in [0.5, 0.6) is 5.75 Å². The van der Waals surface area contributed by atoms with E-state index in [4.69, 9.17) is 10.5 Å². The Morgan fingerprint density at radius 2 is 1.60 bits per heavy atom. The van der Waals surface area contributed by atoms with Crippen LogP contribution in [0.15, 0.2) is 24.3 Å². The molecule has 15 heavy (non-hydrogen) atoms. The van der Waals surface area contributed by atoms with Gasteiger partial charge in [0.1, 0.15) is 5.75 Å². The minimum atomic E-state index is 0.107. The average molecular weight is 207 g/mol. The number of ether oxygens (including phenoxy) is 1. The maximum atomic E-state index is 6.19. The van der Waals surface area contributed by atoms with Gasteiger partial charge in [-0.05, 0) is 29.5 Å². The first-order valence-electron chi connectivity index (χ1n) is 5.45. The third kappa shape index (κ3) is 2.96. The van der Waals surface area contributed by atoms with Gasteiger partial charge in [-0.15, -0.1) is 0 Å². The zero-order chi connectivity index (χ0) is 11.4. The molecule has 0 aliphatic heterocycles. The first kappa shape index (κ1) is 12.1. The van der Waals surface area contributed by atoms with E-state index >= 15 is 0 Å². The van der Waals surface area contributed by atoms with Crippen molar-refractivity contribution in [2.24, 2.45) is 17.6 Å². The Morgan fingerprint density at radius 1 is 1.07 bits per heavy atom. The Labute approximate surface area is 92.4 Å².